The van der Waals surface area contributed by atoms with Crippen LogP contribution in [0.4, 0.5) is 16.3 Å². The second-order valence-corrected chi connectivity index (χ2v) is 12.2. The second-order valence-electron chi connectivity index (χ2n) is 12.2. The van der Waals surface area contributed by atoms with E-state index < -0.39 is 5.60 Å². The van der Waals surface area contributed by atoms with E-state index in [1.165, 1.54) is 6.21 Å². The summed E-state index contributed by atoms with van der Waals surface area (Å²) in [5, 5.41) is 8.07. The van der Waals surface area contributed by atoms with Crippen molar-refractivity contribution >= 4 is 23.8 Å². The highest BCUT2D eigenvalue weighted by Crippen LogP contribution is 2.35. The number of rotatable bonds is 7. The zero-order valence-electron chi connectivity index (χ0n) is 25.4. The third-order valence-corrected chi connectivity index (χ3v) is 7.28. The number of amides is 1. The van der Waals surface area contributed by atoms with Crippen LogP contribution in [-0.2, 0) is 17.7 Å². The van der Waals surface area contributed by atoms with Gasteiger partial charge in [-0.15, -0.1) is 0 Å². The summed E-state index contributed by atoms with van der Waals surface area (Å²) in [5.74, 6) is 0.897. The molecule has 0 unspecified atom stereocenters. The van der Waals surface area contributed by atoms with E-state index in [2.05, 4.69) is 40.7 Å². The topological polar surface area (TPSA) is 98.1 Å². The summed E-state index contributed by atoms with van der Waals surface area (Å²) in [7, 11) is 4.04. The maximum Gasteiger partial charge on any atom is 0.410 e. The van der Waals surface area contributed by atoms with Crippen LogP contribution in [0, 0.1) is 19.3 Å². The fraction of sp³-hybridized carbons (Fsp3) is 0.600. The highest BCUT2D eigenvalue weighted by atomic mass is 16.6. The number of benzene rings is 1. The molecule has 10 heteroatoms. The normalized spacial score (nSPS) is 16.6. The number of carbonyl (C=O) groups excluding carboxylic acids is 1. The summed E-state index contributed by atoms with van der Waals surface area (Å²) in [5.41, 5.74) is 5.85. The molecule has 1 saturated heterocycles. The number of aryl methyl sites for hydroxylation is 2. The molecule has 3 heterocycles. The Morgan fingerprint density at radius 3 is 2.38 bits per heavy atom. The van der Waals surface area contributed by atoms with E-state index in [4.69, 9.17) is 24.9 Å². The average Bonchev–Trinajstić information content (AvgIpc) is 2.87. The predicted octanol–water partition coefficient (Wildman–Crippen LogP) is 4.04. The largest absolute Gasteiger partial charge is 0.459 e. The number of fused-ring (bicyclic) bond motifs is 1. The third kappa shape index (κ3) is 6.83. The van der Waals surface area contributed by atoms with Crippen LogP contribution in [0.2, 0.25) is 0 Å². The van der Waals surface area contributed by atoms with Crippen molar-refractivity contribution in [2.45, 2.75) is 66.2 Å². The van der Waals surface area contributed by atoms with Crippen molar-refractivity contribution in [3.05, 3.63) is 40.1 Å². The molecule has 40 heavy (non-hydrogen) atoms. The first-order valence-corrected chi connectivity index (χ1v) is 14.2. The molecule has 0 aliphatic carbocycles. The zero-order chi connectivity index (χ0) is 29.2. The van der Waals surface area contributed by atoms with Crippen molar-refractivity contribution in [2.75, 3.05) is 63.2 Å². The molecule has 1 atom stereocenters. The summed E-state index contributed by atoms with van der Waals surface area (Å²) in [6.07, 6.45) is 1.90. The van der Waals surface area contributed by atoms with E-state index in [0.717, 1.165) is 59.0 Å². The van der Waals surface area contributed by atoms with E-state index in [1.54, 1.807) is 4.90 Å². The van der Waals surface area contributed by atoms with E-state index in [1.807, 2.05) is 41.8 Å². The van der Waals surface area contributed by atoms with Gasteiger partial charge in [0.2, 0.25) is 0 Å². The fourth-order valence-electron chi connectivity index (χ4n) is 5.47. The fourth-order valence-corrected chi connectivity index (χ4v) is 5.47. The quantitative estimate of drug-likeness (QED) is 0.515. The second kappa shape index (κ2) is 12.0. The number of likely N-dealkylation sites (N-methyl/N-ethyl adjacent to an activating group) is 1. The first kappa shape index (κ1) is 29.6. The molecule has 1 aromatic carbocycles. The van der Waals surface area contributed by atoms with Crippen LogP contribution in [0.25, 0.3) is 0 Å². The zero-order valence-corrected chi connectivity index (χ0v) is 25.4. The van der Waals surface area contributed by atoms with Crippen molar-refractivity contribution in [2.24, 2.45) is 0 Å². The molecule has 0 spiro atoms. The van der Waals surface area contributed by atoms with Gasteiger partial charge in [0.1, 0.15) is 17.5 Å². The standard InChI is InChI=1S/C30H45N7O3/c1-20-9-10-21(2)26(24(20)17-31)37-12-11-23-25(19-37)32-28(39-22(3)18-34(7)8)33-27(23)35-13-15-36(16-14-35)29(38)40-30(4,5)6/h9-10,17,22,31H,11-16,18-19H2,1-8H3/t22-/m1/s1. The lowest BCUT2D eigenvalue weighted by molar-refractivity contribution is 0.0240. The smallest absolute Gasteiger partial charge is 0.410 e. The van der Waals surface area contributed by atoms with Crippen LogP contribution in [0.5, 0.6) is 6.01 Å². The number of ether oxygens (including phenoxy) is 2. The lowest BCUT2D eigenvalue weighted by Gasteiger charge is -2.39. The Morgan fingerprint density at radius 1 is 1.07 bits per heavy atom. The SMILES string of the molecule is Cc1ccc(C)c(N2CCc3c(nc(O[C@H](C)CN(C)C)nc3N3CCN(C(=O)OC(C)(C)C)CC3)C2)c1C=N. The van der Waals surface area contributed by atoms with Gasteiger partial charge in [-0.25, -0.2) is 4.79 Å². The minimum Gasteiger partial charge on any atom is -0.459 e. The van der Waals surface area contributed by atoms with Crippen molar-refractivity contribution < 1.29 is 14.3 Å². The molecule has 0 bridgehead atoms. The van der Waals surface area contributed by atoms with Crippen molar-refractivity contribution in [1.82, 2.24) is 19.8 Å². The van der Waals surface area contributed by atoms with Crippen LogP contribution in [0.3, 0.4) is 0 Å². The molecule has 2 aromatic rings. The Hall–Kier alpha value is -3.40. The van der Waals surface area contributed by atoms with Gasteiger partial charge in [0.05, 0.1) is 12.2 Å². The van der Waals surface area contributed by atoms with Gasteiger partial charge in [0.15, 0.2) is 0 Å². The highest BCUT2D eigenvalue weighted by molar-refractivity contribution is 5.89. The van der Waals surface area contributed by atoms with E-state index in [0.29, 0.717) is 38.7 Å². The number of hydrogen-bond acceptors (Lipinski definition) is 9. The molecule has 2 aliphatic rings. The van der Waals surface area contributed by atoms with E-state index >= 15 is 0 Å². The molecule has 0 saturated carbocycles. The van der Waals surface area contributed by atoms with Gasteiger partial charge in [0.25, 0.3) is 0 Å². The Morgan fingerprint density at radius 2 is 1.75 bits per heavy atom. The van der Waals surface area contributed by atoms with Crippen molar-refractivity contribution in [3.63, 3.8) is 0 Å². The summed E-state index contributed by atoms with van der Waals surface area (Å²) >= 11 is 0. The molecular formula is C30H45N7O3. The van der Waals surface area contributed by atoms with Crippen LogP contribution in [-0.4, -0.2) is 97.1 Å². The lowest BCUT2D eigenvalue weighted by atomic mass is 9.98. The number of nitrogens with one attached hydrogen (secondary N) is 1. The predicted molar refractivity (Wildman–Crippen MR) is 159 cm³/mol. The minimum absolute atomic E-state index is 0.0758. The Balaban J connectivity index is 1.63. The van der Waals surface area contributed by atoms with Gasteiger partial charge in [-0.2, -0.15) is 9.97 Å². The number of piperazine rings is 1. The average molecular weight is 552 g/mol. The number of anilines is 2. The Labute approximate surface area is 238 Å². The lowest BCUT2D eigenvalue weighted by Crippen LogP contribution is -2.50. The van der Waals surface area contributed by atoms with Gasteiger partial charge in [-0.05, 0) is 73.2 Å². The number of aromatic nitrogens is 2. The first-order chi connectivity index (χ1) is 18.9. The minimum atomic E-state index is -0.519. The third-order valence-electron chi connectivity index (χ3n) is 7.28. The molecular weight excluding hydrogens is 506 g/mol. The summed E-state index contributed by atoms with van der Waals surface area (Å²) in [4.78, 5) is 30.9. The van der Waals surface area contributed by atoms with Crippen molar-refractivity contribution in [1.29, 1.82) is 5.41 Å². The van der Waals surface area contributed by atoms with Crippen LogP contribution < -0.4 is 14.5 Å². The monoisotopic (exact) mass is 551 g/mol. The number of carbonyl (C=O) groups is 1. The molecule has 1 N–H and O–H groups in total. The molecule has 218 valence electrons. The summed E-state index contributed by atoms with van der Waals surface area (Å²) in [6, 6.07) is 4.58. The maximum absolute atomic E-state index is 12.6. The Kier molecular flexibility index (Phi) is 8.87. The van der Waals surface area contributed by atoms with E-state index in [9.17, 15) is 4.79 Å². The van der Waals surface area contributed by atoms with Gasteiger partial charge < -0.3 is 34.5 Å². The number of hydrogen-bond donors (Lipinski definition) is 1. The summed E-state index contributed by atoms with van der Waals surface area (Å²) in [6.45, 7) is 16.5. The van der Waals surface area contributed by atoms with Crippen LogP contribution in [0.1, 0.15) is 55.6 Å². The molecule has 2 aliphatic heterocycles. The molecule has 10 nitrogen and oxygen atoms in total. The van der Waals surface area contributed by atoms with Gasteiger partial charge >= 0.3 is 12.1 Å². The molecule has 1 amide bonds. The van der Waals surface area contributed by atoms with Gasteiger partial charge in [-0.1, -0.05) is 12.1 Å². The van der Waals surface area contributed by atoms with Crippen LogP contribution in [0.15, 0.2) is 12.1 Å². The molecule has 1 fully saturated rings. The maximum atomic E-state index is 12.6. The van der Waals surface area contributed by atoms with Gasteiger partial charge in [0, 0.05) is 62.3 Å². The highest BCUT2D eigenvalue weighted by Gasteiger charge is 2.31. The number of nitrogens with zero attached hydrogens (tertiary/aromatic N) is 6. The Bertz CT molecular complexity index is 1230. The summed E-state index contributed by atoms with van der Waals surface area (Å²) < 4.78 is 11.8. The van der Waals surface area contributed by atoms with Crippen molar-refractivity contribution in [3.8, 4) is 6.01 Å². The first-order valence-electron chi connectivity index (χ1n) is 14.2. The molecule has 0 radical (unpaired) electrons. The molecule has 4 rings (SSSR count). The van der Waals surface area contributed by atoms with E-state index in [-0.39, 0.29) is 12.2 Å². The van der Waals surface area contributed by atoms with Crippen LogP contribution >= 0.6 is 0 Å². The molecule has 1 aromatic heterocycles. The van der Waals surface area contributed by atoms with Gasteiger partial charge in [-0.3, -0.25) is 0 Å².